The van der Waals surface area contributed by atoms with Crippen molar-refractivity contribution in [1.82, 2.24) is 10.2 Å². The lowest BCUT2D eigenvalue weighted by molar-refractivity contribution is 0.162. The maximum atomic E-state index is 13.6. The van der Waals surface area contributed by atoms with Gasteiger partial charge in [0.05, 0.1) is 5.69 Å². The van der Waals surface area contributed by atoms with Crippen LogP contribution >= 0.6 is 0 Å². The molecule has 1 aliphatic heterocycles. The van der Waals surface area contributed by atoms with E-state index in [1.807, 2.05) is 0 Å². The Morgan fingerprint density at radius 1 is 1.42 bits per heavy atom. The molecule has 1 aromatic carbocycles. The van der Waals surface area contributed by atoms with Gasteiger partial charge in [0.2, 0.25) is 0 Å². The molecule has 1 aliphatic rings. The number of aromatic hydroxyl groups is 1. The Bertz CT molecular complexity index is 433. The fourth-order valence-corrected chi connectivity index (χ4v) is 2.70. The SMILES string of the molecule is CCC[C@@H](c1cc(F)cc(N)c1O)N1CCNCC1. The average Bonchev–Trinajstić information content (AvgIpc) is 2.41. The minimum atomic E-state index is -0.387. The second-order valence-electron chi connectivity index (χ2n) is 5.02. The van der Waals surface area contributed by atoms with Gasteiger partial charge in [-0.1, -0.05) is 13.3 Å². The van der Waals surface area contributed by atoms with Gasteiger partial charge in [-0.05, 0) is 12.5 Å². The zero-order valence-electron chi connectivity index (χ0n) is 11.3. The minimum absolute atomic E-state index is 0.0263. The molecule has 106 valence electrons. The van der Waals surface area contributed by atoms with Crippen LogP contribution in [-0.2, 0) is 0 Å². The predicted octanol–water partition coefficient (Wildman–Crippen LogP) is 1.86. The minimum Gasteiger partial charge on any atom is -0.505 e. The van der Waals surface area contributed by atoms with E-state index in [9.17, 15) is 9.50 Å². The van der Waals surface area contributed by atoms with Crippen LogP contribution in [-0.4, -0.2) is 36.2 Å². The number of benzene rings is 1. The Morgan fingerprint density at radius 3 is 2.74 bits per heavy atom. The summed E-state index contributed by atoms with van der Waals surface area (Å²) in [5, 5.41) is 13.4. The van der Waals surface area contributed by atoms with Crippen LogP contribution in [0.1, 0.15) is 31.4 Å². The Hall–Kier alpha value is -1.33. The second kappa shape index (κ2) is 6.21. The monoisotopic (exact) mass is 267 g/mol. The summed E-state index contributed by atoms with van der Waals surface area (Å²) in [6, 6.07) is 2.61. The van der Waals surface area contributed by atoms with E-state index in [0.717, 1.165) is 39.0 Å². The fourth-order valence-electron chi connectivity index (χ4n) is 2.70. The van der Waals surface area contributed by atoms with Crippen molar-refractivity contribution in [3.8, 4) is 5.75 Å². The van der Waals surface area contributed by atoms with Gasteiger partial charge in [-0.15, -0.1) is 0 Å². The number of hydrogen-bond donors (Lipinski definition) is 3. The number of phenolic OH excluding ortho intramolecular Hbond substituents is 1. The van der Waals surface area contributed by atoms with Crippen molar-refractivity contribution in [2.45, 2.75) is 25.8 Å². The summed E-state index contributed by atoms with van der Waals surface area (Å²) in [6.45, 7) is 5.74. The highest BCUT2D eigenvalue weighted by Gasteiger charge is 2.25. The molecular weight excluding hydrogens is 245 g/mol. The number of nitrogen functional groups attached to an aromatic ring is 1. The number of nitrogens with one attached hydrogen (secondary N) is 1. The Labute approximate surface area is 113 Å². The summed E-state index contributed by atoms with van der Waals surface area (Å²) in [6.07, 6.45) is 1.86. The molecule has 1 atom stereocenters. The first kappa shape index (κ1) is 14.1. The molecule has 1 aromatic rings. The maximum absolute atomic E-state index is 13.6. The van der Waals surface area contributed by atoms with Crippen LogP contribution in [0.3, 0.4) is 0 Å². The molecule has 0 unspecified atom stereocenters. The highest BCUT2D eigenvalue weighted by molar-refractivity contribution is 5.57. The highest BCUT2D eigenvalue weighted by atomic mass is 19.1. The van der Waals surface area contributed by atoms with E-state index in [0.29, 0.717) is 5.56 Å². The zero-order valence-corrected chi connectivity index (χ0v) is 11.3. The van der Waals surface area contributed by atoms with Crippen LogP contribution in [0.2, 0.25) is 0 Å². The molecule has 0 radical (unpaired) electrons. The Kier molecular flexibility index (Phi) is 4.61. The van der Waals surface area contributed by atoms with Gasteiger partial charge in [0.15, 0.2) is 0 Å². The van der Waals surface area contributed by atoms with Gasteiger partial charge in [-0.3, -0.25) is 4.90 Å². The van der Waals surface area contributed by atoms with Crippen LogP contribution in [0.5, 0.6) is 5.75 Å². The number of rotatable bonds is 4. The third-order valence-electron chi connectivity index (χ3n) is 3.65. The molecule has 2 rings (SSSR count). The van der Waals surface area contributed by atoms with Crippen LogP contribution in [0.25, 0.3) is 0 Å². The molecule has 1 saturated heterocycles. The van der Waals surface area contributed by atoms with Crippen molar-refractivity contribution in [1.29, 1.82) is 0 Å². The normalized spacial score (nSPS) is 18.4. The largest absolute Gasteiger partial charge is 0.505 e. The van der Waals surface area contributed by atoms with Crippen LogP contribution in [0, 0.1) is 5.82 Å². The zero-order chi connectivity index (χ0) is 13.8. The first-order valence-corrected chi connectivity index (χ1v) is 6.86. The molecule has 4 N–H and O–H groups in total. The molecule has 0 amide bonds. The van der Waals surface area contributed by atoms with Gasteiger partial charge in [-0.25, -0.2) is 4.39 Å². The first-order chi connectivity index (χ1) is 9.13. The molecular formula is C14H22FN3O. The van der Waals surface area contributed by atoms with Gasteiger partial charge in [0.25, 0.3) is 0 Å². The van der Waals surface area contributed by atoms with Crippen molar-refractivity contribution in [3.05, 3.63) is 23.5 Å². The molecule has 1 heterocycles. The smallest absolute Gasteiger partial charge is 0.143 e. The summed E-state index contributed by atoms with van der Waals surface area (Å²) in [5.41, 5.74) is 6.39. The van der Waals surface area contributed by atoms with E-state index in [2.05, 4.69) is 17.1 Å². The van der Waals surface area contributed by atoms with Crippen molar-refractivity contribution in [2.75, 3.05) is 31.9 Å². The molecule has 0 bridgehead atoms. The number of nitrogens with zero attached hydrogens (tertiary/aromatic N) is 1. The highest BCUT2D eigenvalue weighted by Crippen LogP contribution is 2.36. The van der Waals surface area contributed by atoms with Gasteiger partial charge in [-0.2, -0.15) is 0 Å². The predicted molar refractivity (Wildman–Crippen MR) is 74.6 cm³/mol. The summed E-state index contributed by atoms with van der Waals surface area (Å²) in [4.78, 5) is 2.29. The van der Waals surface area contributed by atoms with E-state index in [4.69, 9.17) is 5.73 Å². The molecule has 0 aromatic heterocycles. The third-order valence-corrected chi connectivity index (χ3v) is 3.65. The number of hydrogen-bond acceptors (Lipinski definition) is 4. The topological polar surface area (TPSA) is 61.5 Å². The lowest BCUT2D eigenvalue weighted by atomic mass is 9.98. The average molecular weight is 267 g/mol. The van der Waals surface area contributed by atoms with E-state index in [-0.39, 0.29) is 23.3 Å². The number of nitrogens with two attached hydrogens (primary N) is 1. The number of piperazine rings is 1. The number of anilines is 1. The van der Waals surface area contributed by atoms with Crippen LogP contribution < -0.4 is 11.1 Å². The molecule has 0 saturated carbocycles. The van der Waals surface area contributed by atoms with E-state index < -0.39 is 0 Å². The van der Waals surface area contributed by atoms with Crippen LogP contribution in [0.15, 0.2) is 12.1 Å². The third kappa shape index (κ3) is 3.16. The van der Waals surface area contributed by atoms with E-state index in [1.54, 1.807) is 0 Å². The van der Waals surface area contributed by atoms with Gasteiger partial charge in [0, 0.05) is 43.9 Å². The molecule has 0 spiro atoms. The Morgan fingerprint density at radius 2 is 2.11 bits per heavy atom. The molecule has 5 heteroatoms. The number of phenols is 1. The second-order valence-corrected chi connectivity index (χ2v) is 5.02. The quantitative estimate of drug-likeness (QED) is 0.575. The van der Waals surface area contributed by atoms with Gasteiger partial charge >= 0.3 is 0 Å². The van der Waals surface area contributed by atoms with Gasteiger partial charge < -0.3 is 16.2 Å². The van der Waals surface area contributed by atoms with Crippen molar-refractivity contribution in [2.24, 2.45) is 0 Å². The maximum Gasteiger partial charge on any atom is 0.143 e. The standard InChI is InChI=1S/C14H22FN3O/c1-2-3-13(18-6-4-17-5-7-18)11-8-10(15)9-12(16)14(11)19/h8-9,13,17,19H,2-7,16H2,1H3/t13-/m0/s1. The molecule has 4 nitrogen and oxygen atoms in total. The lowest BCUT2D eigenvalue weighted by Crippen LogP contribution is -2.45. The summed E-state index contributed by atoms with van der Waals surface area (Å²) in [5.74, 6) is -0.361. The molecule has 19 heavy (non-hydrogen) atoms. The van der Waals surface area contributed by atoms with Gasteiger partial charge in [0.1, 0.15) is 11.6 Å². The molecule has 0 aliphatic carbocycles. The van der Waals surface area contributed by atoms with E-state index >= 15 is 0 Å². The van der Waals surface area contributed by atoms with Crippen molar-refractivity contribution < 1.29 is 9.50 Å². The van der Waals surface area contributed by atoms with Crippen LogP contribution in [0.4, 0.5) is 10.1 Å². The Balaban J connectivity index is 2.32. The van der Waals surface area contributed by atoms with E-state index in [1.165, 1.54) is 12.1 Å². The lowest BCUT2D eigenvalue weighted by Gasteiger charge is -2.35. The summed E-state index contributed by atoms with van der Waals surface area (Å²) >= 11 is 0. The number of halogens is 1. The summed E-state index contributed by atoms with van der Waals surface area (Å²) in [7, 11) is 0. The fraction of sp³-hybridized carbons (Fsp3) is 0.571. The first-order valence-electron chi connectivity index (χ1n) is 6.86. The summed E-state index contributed by atoms with van der Waals surface area (Å²) < 4.78 is 13.6. The molecule has 1 fully saturated rings. The van der Waals surface area contributed by atoms with Crippen molar-refractivity contribution in [3.63, 3.8) is 0 Å². The van der Waals surface area contributed by atoms with Crippen molar-refractivity contribution >= 4 is 5.69 Å².